The monoisotopic (exact) mass is 278 g/mol. The maximum atomic E-state index is 6.30. The third-order valence-corrected chi connectivity index (χ3v) is 3.80. The number of rotatable bonds is 5. The SMILES string of the molecule is CC1(C)CC(CCCOc2ccccc2)=CC(Cl)C1. The minimum Gasteiger partial charge on any atom is -0.494 e. The third-order valence-electron chi connectivity index (χ3n) is 3.52. The Bertz CT molecular complexity index is 422. The second-order valence-electron chi connectivity index (χ2n) is 6.15. The highest BCUT2D eigenvalue weighted by Gasteiger charge is 2.27. The van der Waals surface area contributed by atoms with Gasteiger partial charge in [0.2, 0.25) is 0 Å². The van der Waals surface area contributed by atoms with Gasteiger partial charge in [-0.25, -0.2) is 0 Å². The Labute approximate surface area is 121 Å². The molecule has 0 saturated heterocycles. The maximum absolute atomic E-state index is 6.30. The van der Waals surface area contributed by atoms with E-state index in [9.17, 15) is 0 Å². The predicted octanol–water partition coefficient (Wildman–Crippen LogP) is 5.20. The van der Waals surface area contributed by atoms with Crippen molar-refractivity contribution in [3.8, 4) is 5.75 Å². The zero-order valence-electron chi connectivity index (χ0n) is 11.9. The van der Waals surface area contributed by atoms with Crippen LogP contribution in [0.2, 0.25) is 0 Å². The molecule has 0 amide bonds. The van der Waals surface area contributed by atoms with Crippen molar-refractivity contribution < 1.29 is 4.74 Å². The molecule has 1 aliphatic rings. The summed E-state index contributed by atoms with van der Waals surface area (Å²) in [5, 5.41) is 0.203. The van der Waals surface area contributed by atoms with Gasteiger partial charge in [-0.1, -0.05) is 43.7 Å². The molecule has 0 aliphatic heterocycles. The van der Waals surface area contributed by atoms with E-state index in [0.717, 1.165) is 31.6 Å². The van der Waals surface area contributed by atoms with Crippen LogP contribution in [0.5, 0.6) is 5.75 Å². The van der Waals surface area contributed by atoms with Crippen LogP contribution in [0.25, 0.3) is 0 Å². The van der Waals surface area contributed by atoms with E-state index in [2.05, 4.69) is 19.9 Å². The lowest BCUT2D eigenvalue weighted by atomic mass is 9.76. The Hall–Kier alpha value is -0.950. The molecule has 104 valence electrons. The highest BCUT2D eigenvalue weighted by molar-refractivity contribution is 6.21. The normalized spacial score (nSPS) is 21.8. The zero-order chi connectivity index (χ0) is 13.7. The summed E-state index contributed by atoms with van der Waals surface area (Å²) in [5.41, 5.74) is 1.84. The molecule has 0 fully saturated rings. The Morgan fingerprint density at radius 1 is 1.26 bits per heavy atom. The standard InChI is InChI=1S/C17H23ClO/c1-17(2)12-14(11-15(18)13-17)7-6-10-19-16-8-4-3-5-9-16/h3-5,8-9,11,15H,6-7,10,12-13H2,1-2H3. The summed E-state index contributed by atoms with van der Waals surface area (Å²) in [7, 11) is 0. The van der Waals surface area contributed by atoms with Crippen molar-refractivity contribution in [1.82, 2.24) is 0 Å². The van der Waals surface area contributed by atoms with Crippen LogP contribution in [0.15, 0.2) is 42.0 Å². The number of para-hydroxylation sites is 1. The minimum atomic E-state index is 0.203. The molecular weight excluding hydrogens is 256 g/mol. The van der Waals surface area contributed by atoms with Gasteiger partial charge in [-0.05, 0) is 43.2 Å². The van der Waals surface area contributed by atoms with Crippen molar-refractivity contribution in [3.63, 3.8) is 0 Å². The fourth-order valence-corrected chi connectivity index (χ4v) is 3.36. The van der Waals surface area contributed by atoms with E-state index in [1.54, 1.807) is 0 Å². The number of hydrogen-bond acceptors (Lipinski definition) is 1. The summed E-state index contributed by atoms with van der Waals surface area (Å²) in [6.07, 6.45) is 6.65. The van der Waals surface area contributed by atoms with E-state index < -0.39 is 0 Å². The predicted molar refractivity (Wildman–Crippen MR) is 81.9 cm³/mol. The smallest absolute Gasteiger partial charge is 0.119 e. The number of allylic oxidation sites excluding steroid dienone is 2. The second kappa shape index (κ2) is 6.47. The van der Waals surface area contributed by atoms with Gasteiger partial charge >= 0.3 is 0 Å². The lowest BCUT2D eigenvalue weighted by Crippen LogP contribution is -2.22. The van der Waals surface area contributed by atoms with Crippen molar-refractivity contribution >= 4 is 11.6 Å². The van der Waals surface area contributed by atoms with E-state index in [4.69, 9.17) is 16.3 Å². The molecule has 0 heterocycles. The molecular formula is C17H23ClO. The first-order valence-electron chi connectivity index (χ1n) is 7.07. The minimum absolute atomic E-state index is 0.203. The largest absolute Gasteiger partial charge is 0.494 e. The summed E-state index contributed by atoms with van der Waals surface area (Å²) in [5.74, 6) is 0.954. The molecule has 1 aromatic carbocycles. The Morgan fingerprint density at radius 3 is 2.68 bits per heavy atom. The first-order valence-corrected chi connectivity index (χ1v) is 7.50. The van der Waals surface area contributed by atoms with Gasteiger partial charge in [-0.2, -0.15) is 0 Å². The van der Waals surface area contributed by atoms with Crippen molar-refractivity contribution in [2.75, 3.05) is 6.61 Å². The summed E-state index contributed by atoms with van der Waals surface area (Å²) in [6, 6.07) is 10.00. The molecule has 19 heavy (non-hydrogen) atoms. The van der Waals surface area contributed by atoms with E-state index in [0.29, 0.717) is 5.41 Å². The van der Waals surface area contributed by atoms with Crippen LogP contribution in [-0.4, -0.2) is 12.0 Å². The van der Waals surface area contributed by atoms with Gasteiger partial charge in [-0.3, -0.25) is 0 Å². The molecule has 1 aromatic rings. The van der Waals surface area contributed by atoms with Gasteiger partial charge < -0.3 is 4.74 Å². The average Bonchev–Trinajstić information content (AvgIpc) is 2.33. The van der Waals surface area contributed by atoms with E-state index >= 15 is 0 Å². The number of halogens is 1. The lowest BCUT2D eigenvalue weighted by molar-refractivity contribution is 0.295. The molecule has 1 nitrogen and oxygen atoms in total. The molecule has 2 rings (SSSR count). The van der Waals surface area contributed by atoms with Crippen molar-refractivity contribution in [2.45, 2.75) is 44.9 Å². The summed E-state index contributed by atoms with van der Waals surface area (Å²) in [6.45, 7) is 5.38. The van der Waals surface area contributed by atoms with Gasteiger partial charge in [-0.15, -0.1) is 11.6 Å². The van der Waals surface area contributed by atoms with Gasteiger partial charge in [0.25, 0.3) is 0 Å². The molecule has 1 aliphatic carbocycles. The van der Waals surface area contributed by atoms with Crippen molar-refractivity contribution in [2.24, 2.45) is 5.41 Å². The van der Waals surface area contributed by atoms with Gasteiger partial charge in [0.05, 0.1) is 12.0 Å². The van der Waals surface area contributed by atoms with Gasteiger partial charge in [0.15, 0.2) is 0 Å². The first-order chi connectivity index (χ1) is 9.05. The zero-order valence-corrected chi connectivity index (χ0v) is 12.6. The van der Waals surface area contributed by atoms with Gasteiger partial charge in [0.1, 0.15) is 5.75 Å². The average molecular weight is 279 g/mol. The van der Waals surface area contributed by atoms with Crippen molar-refractivity contribution in [3.05, 3.63) is 42.0 Å². The molecule has 0 aromatic heterocycles. The van der Waals surface area contributed by atoms with E-state index in [-0.39, 0.29) is 5.38 Å². The number of benzene rings is 1. The topological polar surface area (TPSA) is 9.23 Å². The molecule has 0 N–H and O–H groups in total. The van der Waals surface area contributed by atoms with Crippen LogP contribution in [-0.2, 0) is 0 Å². The molecule has 1 atom stereocenters. The Balaban J connectivity index is 1.74. The van der Waals surface area contributed by atoms with Crippen LogP contribution >= 0.6 is 11.6 Å². The first kappa shape index (κ1) is 14.5. The summed E-state index contributed by atoms with van der Waals surface area (Å²) in [4.78, 5) is 0. The molecule has 2 heteroatoms. The Morgan fingerprint density at radius 2 is 2.00 bits per heavy atom. The highest BCUT2D eigenvalue weighted by atomic mass is 35.5. The van der Waals surface area contributed by atoms with Crippen LogP contribution in [0, 0.1) is 5.41 Å². The quantitative estimate of drug-likeness (QED) is 0.409. The number of hydrogen-bond donors (Lipinski definition) is 0. The van der Waals surface area contributed by atoms with E-state index in [1.807, 2.05) is 30.3 Å². The maximum Gasteiger partial charge on any atom is 0.119 e. The summed E-state index contributed by atoms with van der Waals surface area (Å²) < 4.78 is 5.72. The third kappa shape index (κ3) is 4.91. The molecule has 1 unspecified atom stereocenters. The van der Waals surface area contributed by atoms with E-state index in [1.165, 1.54) is 12.0 Å². The van der Waals surface area contributed by atoms with Crippen LogP contribution in [0.3, 0.4) is 0 Å². The molecule has 0 spiro atoms. The molecule has 0 saturated carbocycles. The number of alkyl halides is 1. The van der Waals surface area contributed by atoms with Crippen molar-refractivity contribution in [1.29, 1.82) is 0 Å². The number of ether oxygens (including phenoxy) is 1. The van der Waals surface area contributed by atoms with Crippen LogP contribution < -0.4 is 4.74 Å². The summed E-state index contributed by atoms with van der Waals surface area (Å²) >= 11 is 6.30. The Kier molecular flexibility index (Phi) is 4.93. The lowest BCUT2D eigenvalue weighted by Gasteiger charge is -2.32. The molecule has 0 radical (unpaired) electrons. The van der Waals surface area contributed by atoms with Crippen LogP contribution in [0.1, 0.15) is 39.5 Å². The highest BCUT2D eigenvalue weighted by Crippen LogP contribution is 2.38. The second-order valence-corrected chi connectivity index (χ2v) is 6.71. The molecule has 0 bridgehead atoms. The fourth-order valence-electron chi connectivity index (χ4n) is 2.77. The fraction of sp³-hybridized carbons (Fsp3) is 0.529. The van der Waals surface area contributed by atoms with Crippen LogP contribution in [0.4, 0.5) is 0 Å². The van der Waals surface area contributed by atoms with Gasteiger partial charge in [0, 0.05) is 0 Å².